The molecule has 0 aliphatic carbocycles. The summed E-state index contributed by atoms with van der Waals surface area (Å²) in [6.45, 7) is 3.90. The third-order valence-electron chi connectivity index (χ3n) is 2.18. The molecule has 0 saturated carbocycles. The average molecular weight is 298 g/mol. The molecule has 0 unspecified atom stereocenters. The molecule has 4 nitrogen and oxygen atoms in total. The Balaban J connectivity index is 2.28. The van der Waals surface area contributed by atoms with Crippen LogP contribution >= 0.6 is 22.9 Å². The minimum absolute atomic E-state index is 0.172. The largest absolute Gasteiger partial charge is 0.450 e. The normalized spacial score (nSPS) is 18.8. The van der Waals surface area contributed by atoms with Crippen molar-refractivity contribution in [3.63, 3.8) is 0 Å². The molecule has 1 N–H and O–H groups in total. The molecule has 0 aromatic carbocycles. The number of piperidine rings is 1. The number of hydrogen-bond acceptors (Lipinski definition) is 3. The molecule has 76 valence electrons. The Morgan fingerprint density at radius 1 is 1.62 bits per heavy atom. The highest BCUT2D eigenvalue weighted by atomic mass is 127. The van der Waals surface area contributed by atoms with E-state index in [0.29, 0.717) is 12.6 Å². The molecule has 1 aliphatic heterocycles. The van der Waals surface area contributed by atoms with E-state index in [0.717, 1.165) is 25.9 Å². The van der Waals surface area contributed by atoms with Gasteiger partial charge in [0.25, 0.3) is 0 Å². The zero-order valence-electron chi connectivity index (χ0n) is 7.75. The lowest BCUT2D eigenvalue weighted by Crippen LogP contribution is -2.43. The maximum absolute atomic E-state index is 11.3. The lowest BCUT2D eigenvalue weighted by molar-refractivity contribution is 0.0969. The van der Waals surface area contributed by atoms with Crippen LogP contribution in [0.15, 0.2) is 0 Å². The van der Waals surface area contributed by atoms with Gasteiger partial charge in [-0.15, -0.1) is 0 Å². The van der Waals surface area contributed by atoms with Gasteiger partial charge in [-0.05, 0) is 19.8 Å². The fourth-order valence-electron chi connectivity index (χ4n) is 1.39. The second kappa shape index (κ2) is 5.64. The van der Waals surface area contributed by atoms with Gasteiger partial charge in [0.05, 0.1) is 6.61 Å². The molecule has 0 spiro atoms. The SMILES string of the molecule is CCOC(=O)N1CCC(NI)CC1. The molecule has 0 radical (unpaired) electrons. The summed E-state index contributed by atoms with van der Waals surface area (Å²) in [7, 11) is 0. The third-order valence-corrected chi connectivity index (χ3v) is 3.06. The van der Waals surface area contributed by atoms with E-state index in [1.807, 2.05) is 6.92 Å². The Labute approximate surface area is 92.5 Å². The summed E-state index contributed by atoms with van der Waals surface area (Å²) in [6.07, 6.45) is 1.86. The molecule has 1 rings (SSSR count). The molecule has 1 heterocycles. The fourth-order valence-corrected chi connectivity index (χ4v) is 2.01. The van der Waals surface area contributed by atoms with Gasteiger partial charge in [-0.25, -0.2) is 4.79 Å². The van der Waals surface area contributed by atoms with E-state index in [9.17, 15) is 4.79 Å². The van der Waals surface area contributed by atoms with Crippen LogP contribution in [0, 0.1) is 0 Å². The first-order valence-corrected chi connectivity index (χ1v) is 5.63. The molecular weight excluding hydrogens is 283 g/mol. The van der Waals surface area contributed by atoms with Crippen LogP contribution in [-0.4, -0.2) is 36.7 Å². The molecule has 5 heteroatoms. The first-order valence-electron chi connectivity index (χ1n) is 4.55. The number of amides is 1. The van der Waals surface area contributed by atoms with Crippen molar-refractivity contribution in [2.75, 3.05) is 19.7 Å². The quantitative estimate of drug-likeness (QED) is 0.621. The van der Waals surface area contributed by atoms with Crippen LogP contribution in [0.2, 0.25) is 0 Å². The third kappa shape index (κ3) is 3.30. The molecule has 0 atom stereocenters. The van der Waals surface area contributed by atoms with E-state index in [4.69, 9.17) is 4.74 Å². The van der Waals surface area contributed by atoms with Crippen LogP contribution in [0.1, 0.15) is 19.8 Å². The number of hydrogen-bond donors (Lipinski definition) is 1. The number of carbonyl (C=O) groups is 1. The van der Waals surface area contributed by atoms with Crippen LogP contribution in [0.25, 0.3) is 0 Å². The molecule has 0 bridgehead atoms. The Morgan fingerprint density at radius 2 is 2.23 bits per heavy atom. The zero-order chi connectivity index (χ0) is 9.68. The topological polar surface area (TPSA) is 41.6 Å². The number of halogens is 1. The summed E-state index contributed by atoms with van der Waals surface area (Å²) in [6, 6.07) is 0.547. The van der Waals surface area contributed by atoms with Crippen LogP contribution in [0.4, 0.5) is 4.79 Å². The predicted octanol–water partition coefficient (Wildman–Crippen LogP) is 1.55. The zero-order valence-corrected chi connectivity index (χ0v) is 9.91. The van der Waals surface area contributed by atoms with Gasteiger partial charge in [0.1, 0.15) is 0 Å². The number of nitrogens with zero attached hydrogens (tertiary/aromatic N) is 1. The van der Waals surface area contributed by atoms with Crippen LogP contribution in [0.3, 0.4) is 0 Å². The van der Waals surface area contributed by atoms with Crippen molar-refractivity contribution < 1.29 is 9.53 Å². The minimum atomic E-state index is -0.172. The molecule has 1 fully saturated rings. The molecule has 1 amide bonds. The highest BCUT2D eigenvalue weighted by Gasteiger charge is 2.22. The molecule has 0 aromatic heterocycles. The van der Waals surface area contributed by atoms with Gasteiger partial charge in [0, 0.05) is 42.0 Å². The minimum Gasteiger partial charge on any atom is -0.450 e. The van der Waals surface area contributed by atoms with Gasteiger partial charge in [0.2, 0.25) is 0 Å². The number of rotatable bonds is 2. The summed E-state index contributed by atoms with van der Waals surface area (Å²) in [5, 5.41) is 0. The van der Waals surface area contributed by atoms with E-state index in [-0.39, 0.29) is 6.09 Å². The second-order valence-electron chi connectivity index (χ2n) is 3.07. The predicted molar refractivity (Wildman–Crippen MR) is 58.8 cm³/mol. The Kier molecular flexibility index (Phi) is 4.79. The van der Waals surface area contributed by atoms with Gasteiger partial charge in [-0.1, -0.05) is 0 Å². The van der Waals surface area contributed by atoms with E-state index < -0.39 is 0 Å². The van der Waals surface area contributed by atoms with Crippen molar-refractivity contribution in [1.82, 2.24) is 8.43 Å². The van der Waals surface area contributed by atoms with Gasteiger partial charge in [0.15, 0.2) is 0 Å². The second-order valence-corrected chi connectivity index (χ2v) is 3.69. The highest BCUT2D eigenvalue weighted by Crippen LogP contribution is 2.11. The van der Waals surface area contributed by atoms with E-state index in [1.54, 1.807) is 4.90 Å². The molecule has 1 aliphatic rings. The maximum atomic E-state index is 11.3. The Hall–Kier alpha value is -0.0400. The summed E-state index contributed by atoms with van der Waals surface area (Å²) >= 11 is 2.16. The summed E-state index contributed by atoms with van der Waals surface area (Å²) in [5.41, 5.74) is 0. The van der Waals surface area contributed by atoms with Crippen molar-refractivity contribution in [3.05, 3.63) is 0 Å². The molecule has 1 saturated heterocycles. The van der Waals surface area contributed by atoms with E-state index in [1.165, 1.54) is 0 Å². The van der Waals surface area contributed by atoms with E-state index in [2.05, 4.69) is 26.4 Å². The summed E-state index contributed by atoms with van der Waals surface area (Å²) < 4.78 is 8.10. The van der Waals surface area contributed by atoms with Crippen molar-refractivity contribution in [2.24, 2.45) is 0 Å². The molecule has 13 heavy (non-hydrogen) atoms. The monoisotopic (exact) mass is 298 g/mol. The lowest BCUT2D eigenvalue weighted by atomic mass is 10.1. The number of likely N-dealkylation sites (tertiary alicyclic amines) is 1. The smallest absolute Gasteiger partial charge is 0.409 e. The van der Waals surface area contributed by atoms with Crippen LogP contribution in [-0.2, 0) is 4.74 Å². The van der Waals surface area contributed by atoms with Gasteiger partial charge >= 0.3 is 6.09 Å². The average Bonchev–Trinajstić information content (AvgIpc) is 2.18. The Morgan fingerprint density at radius 3 is 2.69 bits per heavy atom. The van der Waals surface area contributed by atoms with Crippen molar-refractivity contribution in [3.8, 4) is 0 Å². The summed E-state index contributed by atoms with van der Waals surface area (Å²) in [5.74, 6) is 0. The first kappa shape index (κ1) is 11.0. The summed E-state index contributed by atoms with van der Waals surface area (Å²) in [4.78, 5) is 13.0. The highest BCUT2D eigenvalue weighted by molar-refractivity contribution is 14.1. The standard InChI is InChI=1S/C8H15IN2O2/c1-2-13-8(12)11-5-3-7(10-9)4-6-11/h7,10H,2-6H2,1H3. The number of ether oxygens (including phenoxy) is 1. The fraction of sp³-hybridized carbons (Fsp3) is 0.875. The van der Waals surface area contributed by atoms with Crippen molar-refractivity contribution in [1.29, 1.82) is 0 Å². The van der Waals surface area contributed by atoms with Crippen LogP contribution < -0.4 is 3.53 Å². The first-order chi connectivity index (χ1) is 6.27. The Bertz CT molecular complexity index is 170. The van der Waals surface area contributed by atoms with Crippen molar-refractivity contribution in [2.45, 2.75) is 25.8 Å². The number of nitrogens with one attached hydrogen (secondary N) is 1. The van der Waals surface area contributed by atoms with Gasteiger partial charge < -0.3 is 9.64 Å². The van der Waals surface area contributed by atoms with Crippen molar-refractivity contribution >= 4 is 29.0 Å². The molecular formula is C8H15IN2O2. The van der Waals surface area contributed by atoms with Crippen LogP contribution in [0.5, 0.6) is 0 Å². The maximum Gasteiger partial charge on any atom is 0.409 e. The number of carbonyl (C=O) groups excluding carboxylic acids is 1. The lowest BCUT2D eigenvalue weighted by Gasteiger charge is -2.30. The molecule has 0 aromatic rings. The van der Waals surface area contributed by atoms with Gasteiger partial charge in [-0.3, -0.25) is 3.53 Å². The van der Waals surface area contributed by atoms with E-state index >= 15 is 0 Å². The van der Waals surface area contributed by atoms with Gasteiger partial charge in [-0.2, -0.15) is 0 Å².